The lowest BCUT2D eigenvalue weighted by atomic mass is 9.92. The summed E-state index contributed by atoms with van der Waals surface area (Å²) in [5, 5.41) is 8.10. The molecule has 2 unspecified atom stereocenters. The molecule has 0 amide bonds. The molecule has 0 aliphatic heterocycles. The fourth-order valence-electron chi connectivity index (χ4n) is 2.27. The molecule has 102 valence electrons. The Bertz CT molecular complexity index is 396. The van der Waals surface area contributed by atoms with Gasteiger partial charge in [-0.1, -0.05) is 13.8 Å². The number of rotatable bonds is 6. The predicted molar refractivity (Wildman–Crippen MR) is 78.9 cm³/mol. The van der Waals surface area contributed by atoms with E-state index in [0.29, 0.717) is 17.9 Å². The monoisotopic (exact) mass is 313 g/mol. The minimum atomic E-state index is 0.414. The Morgan fingerprint density at radius 2 is 2.06 bits per heavy atom. The van der Waals surface area contributed by atoms with Gasteiger partial charge in [0.15, 0.2) is 0 Å². The van der Waals surface area contributed by atoms with Crippen molar-refractivity contribution in [2.75, 3.05) is 6.54 Å². The van der Waals surface area contributed by atoms with Gasteiger partial charge in [0, 0.05) is 18.0 Å². The largest absolute Gasteiger partial charge is 0.314 e. The third kappa shape index (κ3) is 3.15. The SMILES string of the molecule is CC(CNC1CC1)C(C)c1c(Br)cnn1C(C)C. The molecule has 0 radical (unpaired) electrons. The van der Waals surface area contributed by atoms with Gasteiger partial charge in [0.1, 0.15) is 0 Å². The highest BCUT2D eigenvalue weighted by Crippen LogP contribution is 2.32. The van der Waals surface area contributed by atoms with E-state index >= 15 is 0 Å². The van der Waals surface area contributed by atoms with Gasteiger partial charge in [-0.2, -0.15) is 5.10 Å². The van der Waals surface area contributed by atoms with Crippen LogP contribution in [0.4, 0.5) is 0 Å². The molecular weight excluding hydrogens is 290 g/mol. The average Bonchev–Trinajstić information content (AvgIpc) is 3.07. The van der Waals surface area contributed by atoms with E-state index in [1.54, 1.807) is 0 Å². The van der Waals surface area contributed by atoms with E-state index in [4.69, 9.17) is 0 Å². The molecule has 18 heavy (non-hydrogen) atoms. The van der Waals surface area contributed by atoms with Crippen molar-refractivity contribution < 1.29 is 0 Å². The van der Waals surface area contributed by atoms with Crippen molar-refractivity contribution in [3.05, 3.63) is 16.4 Å². The van der Waals surface area contributed by atoms with Crippen molar-refractivity contribution in [1.82, 2.24) is 15.1 Å². The van der Waals surface area contributed by atoms with Crippen LogP contribution in [0.2, 0.25) is 0 Å². The third-order valence-corrected chi connectivity index (χ3v) is 4.48. The van der Waals surface area contributed by atoms with Crippen molar-refractivity contribution in [2.45, 2.75) is 58.5 Å². The molecule has 1 fully saturated rings. The molecule has 1 N–H and O–H groups in total. The number of aromatic nitrogens is 2. The first-order chi connectivity index (χ1) is 8.50. The van der Waals surface area contributed by atoms with Crippen LogP contribution in [0.15, 0.2) is 10.7 Å². The van der Waals surface area contributed by atoms with Crippen molar-refractivity contribution in [3.8, 4) is 0 Å². The van der Waals surface area contributed by atoms with Gasteiger partial charge in [-0.25, -0.2) is 0 Å². The van der Waals surface area contributed by atoms with Crippen LogP contribution < -0.4 is 5.32 Å². The summed E-state index contributed by atoms with van der Waals surface area (Å²) >= 11 is 3.64. The van der Waals surface area contributed by atoms with Gasteiger partial charge >= 0.3 is 0 Å². The standard InChI is InChI=1S/C14H24BrN3/c1-9(2)18-14(13(15)8-17-18)11(4)10(3)7-16-12-5-6-12/h8-12,16H,5-7H2,1-4H3. The maximum absolute atomic E-state index is 4.48. The summed E-state index contributed by atoms with van der Waals surface area (Å²) in [6, 6.07) is 1.20. The van der Waals surface area contributed by atoms with E-state index < -0.39 is 0 Å². The van der Waals surface area contributed by atoms with E-state index in [0.717, 1.165) is 17.1 Å². The van der Waals surface area contributed by atoms with Crippen LogP contribution in [0, 0.1) is 5.92 Å². The Morgan fingerprint density at radius 1 is 1.39 bits per heavy atom. The summed E-state index contributed by atoms with van der Waals surface area (Å²) in [5.74, 6) is 1.13. The first-order valence-electron chi connectivity index (χ1n) is 6.97. The topological polar surface area (TPSA) is 29.9 Å². The number of hydrogen-bond acceptors (Lipinski definition) is 2. The summed E-state index contributed by atoms with van der Waals surface area (Å²) in [7, 11) is 0. The van der Waals surface area contributed by atoms with E-state index in [2.05, 4.69) is 58.7 Å². The van der Waals surface area contributed by atoms with Gasteiger partial charge in [0.05, 0.1) is 16.4 Å². The highest BCUT2D eigenvalue weighted by Gasteiger charge is 2.25. The van der Waals surface area contributed by atoms with Crippen LogP contribution in [-0.2, 0) is 0 Å². The van der Waals surface area contributed by atoms with E-state index in [1.807, 2.05) is 6.20 Å². The van der Waals surface area contributed by atoms with Gasteiger partial charge in [-0.15, -0.1) is 0 Å². The minimum Gasteiger partial charge on any atom is -0.314 e. The molecule has 2 atom stereocenters. The first-order valence-corrected chi connectivity index (χ1v) is 7.76. The van der Waals surface area contributed by atoms with E-state index in [-0.39, 0.29) is 0 Å². The molecule has 1 heterocycles. The zero-order valence-corrected chi connectivity index (χ0v) is 13.4. The lowest BCUT2D eigenvalue weighted by Crippen LogP contribution is -2.27. The Balaban J connectivity index is 2.05. The Hall–Kier alpha value is -0.350. The lowest BCUT2D eigenvalue weighted by molar-refractivity contribution is 0.404. The molecule has 1 aliphatic carbocycles. The molecule has 1 aromatic rings. The Kier molecular flexibility index (Phi) is 4.49. The molecule has 4 heteroatoms. The second-order valence-electron chi connectivity index (χ2n) is 5.86. The zero-order valence-electron chi connectivity index (χ0n) is 11.8. The maximum Gasteiger partial charge on any atom is 0.0635 e. The summed E-state index contributed by atoms with van der Waals surface area (Å²) in [6.45, 7) is 10.1. The van der Waals surface area contributed by atoms with E-state index in [1.165, 1.54) is 18.5 Å². The smallest absolute Gasteiger partial charge is 0.0635 e. The summed E-state index contributed by atoms with van der Waals surface area (Å²) in [4.78, 5) is 0. The number of halogens is 1. The maximum atomic E-state index is 4.48. The summed E-state index contributed by atoms with van der Waals surface area (Å²) in [6.07, 6.45) is 4.64. The highest BCUT2D eigenvalue weighted by atomic mass is 79.9. The van der Waals surface area contributed by atoms with Crippen LogP contribution in [0.25, 0.3) is 0 Å². The van der Waals surface area contributed by atoms with Crippen molar-refractivity contribution >= 4 is 15.9 Å². The molecule has 1 aromatic heterocycles. The van der Waals surface area contributed by atoms with Crippen LogP contribution >= 0.6 is 15.9 Å². The highest BCUT2D eigenvalue weighted by molar-refractivity contribution is 9.10. The molecule has 0 aromatic carbocycles. The molecule has 0 spiro atoms. The van der Waals surface area contributed by atoms with E-state index in [9.17, 15) is 0 Å². The number of hydrogen-bond donors (Lipinski definition) is 1. The lowest BCUT2D eigenvalue weighted by Gasteiger charge is -2.23. The second-order valence-corrected chi connectivity index (χ2v) is 6.72. The van der Waals surface area contributed by atoms with Gasteiger partial charge < -0.3 is 5.32 Å². The molecule has 2 rings (SSSR count). The average molecular weight is 314 g/mol. The minimum absolute atomic E-state index is 0.414. The second kappa shape index (κ2) is 5.74. The quantitative estimate of drug-likeness (QED) is 0.867. The van der Waals surface area contributed by atoms with Crippen LogP contribution in [0.5, 0.6) is 0 Å². The predicted octanol–water partition coefficient (Wildman–Crippen LogP) is 3.72. The Labute approximate surface area is 118 Å². The first kappa shape index (κ1) is 14.1. The zero-order chi connectivity index (χ0) is 13.3. The summed E-state index contributed by atoms with van der Waals surface area (Å²) < 4.78 is 3.28. The van der Waals surface area contributed by atoms with Crippen molar-refractivity contribution in [3.63, 3.8) is 0 Å². The molecule has 0 bridgehead atoms. The van der Waals surface area contributed by atoms with Crippen LogP contribution in [0.3, 0.4) is 0 Å². The molecule has 0 saturated heterocycles. The van der Waals surface area contributed by atoms with Crippen molar-refractivity contribution in [2.24, 2.45) is 5.92 Å². The fraction of sp³-hybridized carbons (Fsp3) is 0.786. The Morgan fingerprint density at radius 3 is 2.61 bits per heavy atom. The van der Waals surface area contributed by atoms with Gasteiger partial charge in [-0.05, 0) is 55.1 Å². The number of nitrogens with one attached hydrogen (secondary N) is 1. The van der Waals surface area contributed by atoms with Crippen LogP contribution in [0.1, 0.15) is 58.2 Å². The van der Waals surface area contributed by atoms with Crippen LogP contribution in [-0.4, -0.2) is 22.4 Å². The fourth-order valence-corrected chi connectivity index (χ4v) is 2.91. The normalized spacial score (nSPS) is 19.2. The van der Waals surface area contributed by atoms with Crippen molar-refractivity contribution in [1.29, 1.82) is 0 Å². The number of nitrogens with zero attached hydrogens (tertiary/aromatic N) is 2. The molecular formula is C14H24BrN3. The molecule has 3 nitrogen and oxygen atoms in total. The van der Waals surface area contributed by atoms with Gasteiger partial charge in [-0.3, -0.25) is 4.68 Å². The molecule has 1 aliphatic rings. The van der Waals surface area contributed by atoms with Gasteiger partial charge in [0.2, 0.25) is 0 Å². The summed E-state index contributed by atoms with van der Waals surface area (Å²) in [5.41, 5.74) is 1.33. The molecule has 1 saturated carbocycles. The van der Waals surface area contributed by atoms with Gasteiger partial charge in [0.25, 0.3) is 0 Å². The third-order valence-electron chi connectivity index (χ3n) is 3.87.